The van der Waals surface area contributed by atoms with Crippen molar-refractivity contribution in [1.29, 1.82) is 0 Å². The van der Waals surface area contributed by atoms with E-state index in [4.69, 9.17) is 5.11 Å². The fourth-order valence-electron chi connectivity index (χ4n) is 3.43. The Morgan fingerprint density at radius 2 is 2.03 bits per heavy atom. The second-order valence-electron chi connectivity index (χ2n) is 6.65. The van der Waals surface area contributed by atoms with Crippen molar-refractivity contribution in [3.05, 3.63) is 59.9 Å². The summed E-state index contributed by atoms with van der Waals surface area (Å²) in [5.74, 6) is -1.89. The molecule has 0 atom stereocenters. The third-order valence-electron chi connectivity index (χ3n) is 4.85. The summed E-state index contributed by atoms with van der Waals surface area (Å²) in [6.07, 6.45) is 1.83. The number of aromatic amines is 1. The minimum absolute atomic E-state index is 0.00782. The number of hydrogen-bond donors (Lipinski definition) is 3. The molecule has 4 rings (SSSR count). The number of nitrogens with zero attached hydrogens (tertiary/aromatic N) is 2. The molecular weight excluding hydrogens is 418 g/mol. The van der Waals surface area contributed by atoms with Crippen LogP contribution in [-0.2, 0) is 10.2 Å². The van der Waals surface area contributed by atoms with Crippen LogP contribution >= 0.6 is 0 Å². The molecule has 0 aliphatic carbocycles. The molecule has 3 heterocycles. The van der Waals surface area contributed by atoms with Gasteiger partial charge in [0, 0.05) is 35.9 Å². The van der Waals surface area contributed by atoms with E-state index in [1.165, 1.54) is 23.1 Å². The molecule has 0 fully saturated rings. The molecule has 0 spiro atoms. The summed E-state index contributed by atoms with van der Waals surface area (Å²) in [7, 11) is -4.12. The first-order valence-electron chi connectivity index (χ1n) is 8.88. The topological polar surface area (TPSA) is 115 Å². The molecule has 156 valence electrons. The first kappa shape index (κ1) is 20.0. The number of rotatable bonds is 4. The maximum absolute atomic E-state index is 14.3. The fourth-order valence-corrected chi connectivity index (χ4v) is 4.39. The van der Waals surface area contributed by atoms with E-state index in [-0.39, 0.29) is 18.7 Å². The maximum atomic E-state index is 14.3. The van der Waals surface area contributed by atoms with E-state index in [0.717, 1.165) is 15.9 Å². The highest BCUT2D eigenvalue weighted by molar-refractivity contribution is 7.87. The third-order valence-corrected chi connectivity index (χ3v) is 6.29. The van der Waals surface area contributed by atoms with E-state index in [0.29, 0.717) is 28.7 Å². The van der Waals surface area contributed by atoms with Crippen LogP contribution in [-0.4, -0.2) is 47.0 Å². The summed E-state index contributed by atoms with van der Waals surface area (Å²) in [6, 6.07) is 7.31. The van der Waals surface area contributed by atoms with Crippen LogP contribution in [0, 0.1) is 11.6 Å². The molecule has 2 aromatic heterocycles. The molecule has 0 radical (unpaired) electrons. The first-order valence-corrected chi connectivity index (χ1v) is 10.3. The Balaban J connectivity index is 1.67. The Morgan fingerprint density at radius 3 is 2.73 bits per heavy atom. The highest BCUT2D eigenvalue weighted by atomic mass is 32.2. The molecule has 3 N–H and O–H groups in total. The van der Waals surface area contributed by atoms with Gasteiger partial charge in [0.2, 0.25) is 0 Å². The van der Waals surface area contributed by atoms with Crippen molar-refractivity contribution >= 4 is 32.9 Å². The number of pyridine rings is 1. The number of halogens is 2. The zero-order chi connectivity index (χ0) is 21.5. The Bertz CT molecular complexity index is 1290. The lowest BCUT2D eigenvalue weighted by Crippen LogP contribution is -2.44. The molecule has 1 aliphatic heterocycles. The van der Waals surface area contributed by atoms with Gasteiger partial charge in [-0.3, -0.25) is 0 Å². The molecule has 0 saturated carbocycles. The number of aromatic nitrogens is 2. The van der Waals surface area contributed by atoms with Crippen molar-refractivity contribution in [2.24, 2.45) is 0 Å². The molecule has 0 saturated heterocycles. The molecule has 1 aliphatic rings. The molecule has 11 heteroatoms. The molecule has 1 amide bonds. The Hall–Kier alpha value is -3.31. The van der Waals surface area contributed by atoms with Gasteiger partial charge in [0.1, 0.15) is 5.65 Å². The van der Waals surface area contributed by atoms with Crippen molar-refractivity contribution in [3.63, 3.8) is 0 Å². The van der Waals surface area contributed by atoms with Gasteiger partial charge in [0.05, 0.1) is 0 Å². The van der Waals surface area contributed by atoms with Crippen LogP contribution in [0.25, 0.3) is 27.7 Å². The first-order chi connectivity index (χ1) is 14.3. The molecule has 0 unspecified atom stereocenters. The average Bonchev–Trinajstić information content (AvgIpc) is 3.14. The highest BCUT2D eigenvalue weighted by Crippen LogP contribution is 2.33. The van der Waals surface area contributed by atoms with Crippen molar-refractivity contribution < 1.29 is 27.1 Å². The van der Waals surface area contributed by atoms with Crippen LogP contribution < -0.4 is 4.72 Å². The van der Waals surface area contributed by atoms with Gasteiger partial charge in [-0.2, -0.15) is 12.7 Å². The van der Waals surface area contributed by atoms with Gasteiger partial charge in [0.25, 0.3) is 0 Å². The van der Waals surface area contributed by atoms with Crippen LogP contribution in [0.3, 0.4) is 0 Å². The van der Waals surface area contributed by atoms with E-state index < -0.39 is 27.9 Å². The number of nitrogens with one attached hydrogen (secondary N) is 2. The zero-order valence-electron chi connectivity index (χ0n) is 15.4. The van der Waals surface area contributed by atoms with Crippen molar-refractivity contribution in [2.75, 3.05) is 13.1 Å². The standard InChI is InChI=1S/C19H16F2N4O4S/c20-15-3-1-2-13(17(15)21)12-4-7-22-18-14(12)10-16(23-18)11-5-8-25(9-6-11)30(28,29)24-19(26)27/h1-5,7,10,24H,6,8-9H2,(H,22,23)(H,26,27). The van der Waals surface area contributed by atoms with E-state index in [9.17, 15) is 22.0 Å². The minimum Gasteiger partial charge on any atom is -0.464 e. The smallest absolute Gasteiger partial charge is 0.419 e. The van der Waals surface area contributed by atoms with Crippen molar-refractivity contribution in [2.45, 2.75) is 6.42 Å². The molecular formula is C19H16F2N4O4S. The largest absolute Gasteiger partial charge is 0.464 e. The second-order valence-corrected chi connectivity index (χ2v) is 8.33. The molecule has 8 nitrogen and oxygen atoms in total. The maximum Gasteiger partial charge on any atom is 0.419 e. The summed E-state index contributed by atoms with van der Waals surface area (Å²) in [6.45, 7) is 0.0781. The number of hydrogen-bond acceptors (Lipinski definition) is 4. The lowest BCUT2D eigenvalue weighted by molar-refractivity contribution is 0.200. The molecule has 0 bridgehead atoms. The van der Waals surface area contributed by atoms with Crippen LogP contribution in [0.5, 0.6) is 0 Å². The van der Waals surface area contributed by atoms with E-state index >= 15 is 0 Å². The van der Waals surface area contributed by atoms with Gasteiger partial charge in [-0.25, -0.2) is 23.3 Å². The average molecular weight is 434 g/mol. The summed E-state index contributed by atoms with van der Waals surface area (Å²) in [5.41, 5.74) is 2.55. The van der Waals surface area contributed by atoms with Crippen LogP contribution in [0.2, 0.25) is 0 Å². The fraction of sp³-hybridized carbons (Fsp3) is 0.158. The van der Waals surface area contributed by atoms with E-state index in [1.54, 1.807) is 18.2 Å². The zero-order valence-corrected chi connectivity index (χ0v) is 16.2. The molecule has 3 aromatic rings. The predicted octanol–water partition coefficient (Wildman–Crippen LogP) is 3.11. The molecule has 30 heavy (non-hydrogen) atoms. The monoisotopic (exact) mass is 434 g/mol. The van der Waals surface area contributed by atoms with Gasteiger partial charge in [-0.15, -0.1) is 0 Å². The Labute approximate surface area is 170 Å². The normalized spacial score (nSPS) is 15.2. The lowest BCUT2D eigenvalue weighted by atomic mass is 10.0. The number of carboxylic acid groups (broad SMARTS) is 1. The summed E-state index contributed by atoms with van der Waals surface area (Å²) in [5, 5.41) is 9.25. The Kier molecular flexibility index (Phi) is 5.00. The van der Waals surface area contributed by atoms with Gasteiger partial charge < -0.3 is 10.1 Å². The van der Waals surface area contributed by atoms with E-state index in [2.05, 4.69) is 9.97 Å². The van der Waals surface area contributed by atoms with Gasteiger partial charge >= 0.3 is 16.3 Å². The highest BCUT2D eigenvalue weighted by Gasteiger charge is 2.26. The number of H-pyrrole nitrogens is 1. The minimum atomic E-state index is -4.12. The Morgan fingerprint density at radius 1 is 1.23 bits per heavy atom. The van der Waals surface area contributed by atoms with Crippen LogP contribution in [0.4, 0.5) is 13.6 Å². The van der Waals surface area contributed by atoms with Gasteiger partial charge in [-0.1, -0.05) is 18.2 Å². The summed E-state index contributed by atoms with van der Waals surface area (Å²) >= 11 is 0. The predicted molar refractivity (Wildman–Crippen MR) is 106 cm³/mol. The quantitative estimate of drug-likeness (QED) is 0.584. The van der Waals surface area contributed by atoms with Gasteiger partial charge in [0.15, 0.2) is 11.6 Å². The second kappa shape index (κ2) is 7.50. The van der Waals surface area contributed by atoms with Crippen LogP contribution in [0.1, 0.15) is 12.1 Å². The number of fused-ring (bicyclic) bond motifs is 1. The number of carbonyl (C=O) groups is 1. The van der Waals surface area contributed by atoms with E-state index in [1.807, 2.05) is 0 Å². The number of amides is 1. The van der Waals surface area contributed by atoms with Crippen molar-refractivity contribution in [3.8, 4) is 11.1 Å². The molecule has 1 aromatic carbocycles. The lowest BCUT2D eigenvalue weighted by Gasteiger charge is -2.24. The van der Waals surface area contributed by atoms with Crippen molar-refractivity contribution in [1.82, 2.24) is 19.0 Å². The van der Waals surface area contributed by atoms with Crippen LogP contribution in [0.15, 0.2) is 42.6 Å². The SMILES string of the molecule is O=C(O)NS(=O)(=O)N1CC=C(c2cc3c(-c4cccc(F)c4F)ccnc3[nH]2)CC1. The summed E-state index contributed by atoms with van der Waals surface area (Å²) in [4.78, 5) is 18.0. The third kappa shape index (κ3) is 3.64. The van der Waals surface area contributed by atoms with Gasteiger partial charge in [-0.05, 0) is 35.8 Å². The summed E-state index contributed by atoms with van der Waals surface area (Å²) < 4.78 is 54.4. The number of benzene rings is 1.